The Hall–Kier alpha value is -3.23. The molecule has 2 aromatic heterocycles. The molecule has 0 atom stereocenters. The maximum absolute atomic E-state index is 11.8. The second-order valence-corrected chi connectivity index (χ2v) is 4.63. The van der Waals surface area contributed by atoms with Crippen LogP contribution in [0.1, 0.15) is 10.4 Å². The Bertz CT molecular complexity index is 854. The molecule has 0 aliphatic heterocycles. The van der Waals surface area contributed by atoms with Gasteiger partial charge in [-0.15, -0.1) is 0 Å². The Morgan fingerprint density at radius 3 is 2.48 bits per heavy atom. The number of carbonyl (C=O) groups excluding carboxylic acids is 2. The van der Waals surface area contributed by atoms with Crippen LogP contribution >= 0.6 is 0 Å². The SMILES string of the molecule is Cn1c(NC(=O)COC(=O)c2ccncc2)cc(=O)n(C)c1=O. The zero-order valence-electron chi connectivity index (χ0n) is 12.5. The van der Waals surface area contributed by atoms with E-state index in [1.54, 1.807) is 0 Å². The molecule has 0 aromatic carbocycles. The summed E-state index contributed by atoms with van der Waals surface area (Å²) in [5.74, 6) is -1.33. The molecule has 9 nitrogen and oxygen atoms in total. The van der Waals surface area contributed by atoms with Crippen LogP contribution in [0.2, 0.25) is 0 Å². The molecule has 23 heavy (non-hydrogen) atoms. The van der Waals surface area contributed by atoms with Crippen molar-refractivity contribution in [3.63, 3.8) is 0 Å². The summed E-state index contributed by atoms with van der Waals surface area (Å²) < 4.78 is 6.84. The topological polar surface area (TPSA) is 112 Å². The molecule has 2 heterocycles. The number of hydrogen-bond donors (Lipinski definition) is 1. The first kappa shape index (κ1) is 16.1. The van der Waals surface area contributed by atoms with Crippen LogP contribution in [0.5, 0.6) is 0 Å². The summed E-state index contributed by atoms with van der Waals surface area (Å²) in [5, 5.41) is 2.35. The van der Waals surface area contributed by atoms with Gasteiger partial charge in [0.1, 0.15) is 5.82 Å². The molecular weight excluding hydrogens is 304 g/mol. The van der Waals surface area contributed by atoms with Crippen LogP contribution in [-0.2, 0) is 23.6 Å². The molecule has 2 aromatic rings. The predicted octanol–water partition coefficient (Wildman–Crippen LogP) is -0.725. The van der Waals surface area contributed by atoms with E-state index in [1.807, 2.05) is 0 Å². The number of anilines is 1. The fourth-order valence-electron chi connectivity index (χ4n) is 1.73. The van der Waals surface area contributed by atoms with Crippen molar-refractivity contribution in [2.75, 3.05) is 11.9 Å². The van der Waals surface area contributed by atoms with Gasteiger partial charge in [-0.2, -0.15) is 0 Å². The van der Waals surface area contributed by atoms with E-state index in [4.69, 9.17) is 4.74 Å². The van der Waals surface area contributed by atoms with Crippen LogP contribution in [0.3, 0.4) is 0 Å². The predicted molar refractivity (Wildman–Crippen MR) is 80.1 cm³/mol. The molecule has 0 aliphatic rings. The third-order valence-corrected chi connectivity index (χ3v) is 3.04. The highest BCUT2D eigenvalue weighted by Gasteiger charge is 2.12. The van der Waals surface area contributed by atoms with Crippen LogP contribution in [0, 0.1) is 0 Å². The smallest absolute Gasteiger partial charge is 0.338 e. The van der Waals surface area contributed by atoms with E-state index in [0.717, 1.165) is 15.2 Å². The molecule has 1 N–H and O–H groups in total. The second kappa shape index (κ2) is 6.69. The van der Waals surface area contributed by atoms with Gasteiger partial charge >= 0.3 is 11.7 Å². The molecule has 0 aliphatic carbocycles. The van der Waals surface area contributed by atoms with Gasteiger partial charge in [0.2, 0.25) is 0 Å². The van der Waals surface area contributed by atoms with Gasteiger partial charge in [0.05, 0.1) is 5.56 Å². The van der Waals surface area contributed by atoms with Crippen LogP contribution in [0.15, 0.2) is 40.2 Å². The number of hydrogen-bond acceptors (Lipinski definition) is 6. The molecular formula is C14H14N4O5. The second-order valence-electron chi connectivity index (χ2n) is 4.63. The van der Waals surface area contributed by atoms with E-state index in [9.17, 15) is 19.2 Å². The van der Waals surface area contributed by atoms with E-state index in [2.05, 4.69) is 10.3 Å². The van der Waals surface area contributed by atoms with Crippen molar-refractivity contribution in [1.29, 1.82) is 0 Å². The molecule has 0 radical (unpaired) electrons. The molecule has 0 unspecified atom stereocenters. The van der Waals surface area contributed by atoms with Crippen molar-refractivity contribution in [1.82, 2.24) is 14.1 Å². The largest absolute Gasteiger partial charge is 0.452 e. The number of ether oxygens (including phenoxy) is 1. The summed E-state index contributed by atoms with van der Waals surface area (Å²) >= 11 is 0. The normalized spacial score (nSPS) is 10.2. The molecule has 0 bridgehead atoms. The monoisotopic (exact) mass is 318 g/mol. The standard InChI is InChI=1S/C14H14N4O5/c1-17-10(7-12(20)18(2)14(17)22)16-11(19)8-23-13(21)9-3-5-15-6-4-9/h3-7H,8H2,1-2H3,(H,16,19). The first-order valence-electron chi connectivity index (χ1n) is 6.54. The fraction of sp³-hybridized carbons (Fsp3) is 0.214. The first-order chi connectivity index (χ1) is 10.9. The van der Waals surface area contributed by atoms with Crippen LogP contribution in [-0.4, -0.2) is 32.6 Å². The van der Waals surface area contributed by atoms with E-state index in [1.165, 1.54) is 38.6 Å². The van der Waals surface area contributed by atoms with Gasteiger partial charge in [-0.25, -0.2) is 9.59 Å². The number of aromatic nitrogens is 3. The Kier molecular flexibility index (Phi) is 4.69. The average molecular weight is 318 g/mol. The number of esters is 1. The van der Waals surface area contributed by atoms with E-state index in [0.29, 0.717) is 0 Å². The Morgan fingerprint density at radius 1 is 1.17 bits per heavy atom. The Morgan fingerprint density at radius 2 is 1.83 bits per heavy atom. The number of nitrogens with zero attached hydrogens (tertiary/aromatic N) is 3. The Labute approximate surface area is 130 Å². The summed E-state index contributed by atoms with van der Waals surface area (Å²) in [7, 11) is 2.73. The molecule has 2 rings (SSSR count). The van der Waals surface area contributed by atoms with Crippen molar-refractivity contribution in [2.24, 2.45) is 14.1 Å². The Balaban J connectivity index is 2.02. The van der Waals surface area contributed by atoms with Crippen LogP contribution < -0.4 is 16.6 Å². The highest BCUT2D eigenvalue weighted by molar-refractivity contribution is 5.94. The lowest BCUT2D eigenvalue weighted by molar-refractivity contribution is -0.119. The quantitative estimate of drug-likeness (QED) is 0.744. The number of rotatable bonds is 4. The van der Waals surface area contributed by atoms with Crippen molar-refractivity contribution in [3.8, 4) is 0 Å². The molecule has 9 heteroatoms. The van der Waals surface area contributed by atoms with Gasteiger partial charge in [-0.05, 0) is 12.1 Å². The number of carbonyl (C=O) groups is 2. The highest BCUT2D eigenvalue weighted by Crippen LogP contribution is 2.01. The van der Waals surface area contributed by atoms with Gasteiger partial charge in [0, 0.05) is 32.6 Å². The number of pyridine rings is 1. The summed E-state index contributed by atoms with van der Waals surface area (Å²) in [4.78, 5) is 50.5. The minimum atomic E-state index is -0.680. The third-order valence-electron chi connectivity index (χ3n) is 3.04. The fourth-order valence-corrected chi connectivity index (χ4v) is 1.73. The van der Waals surface area contributed by atoms with Gasteiger partial charge in [-0.1, -0.05) is 0 Å². The zero-order valence-corrected chi connectivity index (χ0v) is 12.5. The molecule has 120 valence electrons. The summed E-state index contributed by atoms with van der Waals surface area (Å²) in [6.07, 6.45) is 2.85. The maximum Gasteiger partial charge on any atom is 0.338 e. The number of amides is 1. The van der Waals surface area contributed by atoms with Crippen LogP contribution in [0.4, 0.5) is 5.82 Å². The lowest BCUT2D eigenvalue weighted by Gasteiger charge is -2.10. The van der Waals surface area contributed by atoms with Gasteiger partial charge in [-0.3, -0.25) is 23.7 Å². The zero-order chi connectivity index (χ0) is 17.0. The van der Waals surface area contributed by atoms with E-state index >= 15 is 0 Å². The summed E-state index contributed by atoms with van der Waals surface area (Å²) in [6, 6.07) is 4.00. The van der Waals surface area contributed by atoms with Gasteiger partial charge in [0.25, 0.3) is 11.5 Å². The minimum Gasteiger partial charge on any atom is -0.452 e. The first-order valence-corrected chi connectivity index (χ1v) is 6.54. The molecule has 0 spiro atoms. The lowest BCUT2D eigenvalue weighted by Crippen LogP contribution is -2.38. The highest BCUT2D eigenvalue weighted by atomic mass is 16.5. The van der Waals surface area contributed by atoms with E-state index < -0.39 is 29.7 Å². The maximum atomic E-state index is 11.8. The summed E-state index contributed by atoms with van der Waals surface area (Å²) in [5.41, 5.74) is -0.882. The lowest BCUT2D eigenvalue weighted by atomic mass is 10.3. The van der Waals surface area contributed by atoms with Crippen molar-refractivity contribution >= 4 is 17.7 Å². The number of nitrogens with one attached hydrogen (secondary N) is 1. The van der Waals surface area contributed by atoms with E-state index in [-0.39, 0.29) is 11.4 Å². The molecule has 1 amide bonds. The molecule has 0 saturated carbocycles. The van der Waals surface area contributed by atoms with Gasteiger partial charge < -0.3 is 10.1 Å². The summed E-state index contributed by atoms with van der Waals surface area (Å²) in [6.45, 7) is -0.551. The van der Waals surface area contributed by atoms with Crippen LogP contribution in [0.25, 0.3) is 0 Å². The van der Waals surface area contributed by atoms with Crippen molar-refractivity contribution in [3.05, 3.63) is 57.0 Å². The third kappa shape index (κ3) is 3.70. The van der Waals surface area contributed by atoms with Gasteiger partial charge in [0.15, 0.2) is 6.61 Å². The molecule has 0 saturated heterocycles. The minimum absolute atomic E-state index is 0.0167. The van der Waals surface area contributed by atoms with Crippen molar-refractivity contribution in [2.45, 2.75) is 0 Å². The van der Waals surface area contributed by atoms with Crippen molar-refractivity contribution < 1.29 is 14.3 Å². The molecule has 0 fully saturated rings. The average Bonchev–Trinajstić information content (AvgIpc) is 2.56.